The van der Waals surface area contributed by atoms with Gasteiger partial charge >= 0.3 is 6.18 Å². The highest BCUT2D eigenvalue weighted by Crippen LogP contribution is 2.35. The molecule has 0 radical (unpaired) electrons. The van der Waals surface area contributed by atoms with E-state index in [0.29, 0.717) is 5.56 Å². The molecule has 0 atom stereocenters. The molecular formula is C8H5ClF3I. The van der Waals surface area contributed by atoms with Gasteiger partial charge in [0.2, 0.25) is 0 Å². The number of hydrogen-bond donors (Lipinski definition) is 0. The standard InChI is InChI=1S/C8H5ClF3I/c1-4-2-7(13)5(3-6(4)9)8(10,11)12/h2-3H,1H3. The number of aryl methyl sites for hydroxylation is 1. The predicted molar refractivity (Wildman–Crippen MR) is 53.9 cm³/mol. The Balaban J connectivity index is 3.32. The van der Waals surface area contributed by atoms with Crippen LogP contribution in [0.4, 0.5) is 13.2 Å². The second kappa shape index (κ2) is 3.65. The van der Waals surface area contributed by atoms with Crippen molar-refractivity contribution in [1.29, 1.82) is 0 Å². The summed E-state index contributed by atoms with van der Waals surface area (Å²) in [6.45, 7) is 1.67. The molecule has 13 heavy (non-hydrogen) atoms. The van der Waals surface area contributed by atoms with Gasteiger partial charge in [-0.3, -0.25) is 0 Å². The number of alkyl halides is 3. The van der Waals surface area contributed by atoms with Crippen molar-refractivity contribution in [1.82, 2.24) is 0 Å². The molecule has 0 N–H and O–H groups in total. The molecule has 72 valence electrons. The third-order valence-electron chi connectivity index (χ3n) is 1.55. The third-order valence-corrected chi connectivity index (χ3v) is 2.85. The first-order chi connectivity index (χ1) is 5.82. The fourth-order valence-corrected chi connectivity index (χ4v) is 1.96. The molecule has 1 aromatic carbocycles. The SMILES string of the molecule is Cc1cc(I)c(C(F)(F)F)cc1Cl. The molecule has 0 aliphatic heterocycles. The smallest absolute Gasteiger partial charge is 0.166 e. The van der Waals surface area contributed by atoms with Crippen LogP contribution >= 0.6 is 34.2 Å². The van der Waals surface area contributed by atoms with Crippen LogP contribution in [0.25, 0.3) is 0 Å². The van der Waals surface area contributed by atoms with Crippen LogP contribution in [-0.2, 0) is 6.18 Å². The van der Waals surface area contributed by atoms with Gasteiger partial charge in [0.05, 0.1) is 5.56 Å². The van der Waals surface area contributed by atoms with Crippen LogP contribution in [0, 0.1) is 10.5 Å². The van der Waals surface area contributed by atoms with Crippen LogP contribution in [0.3, 0.4) is 0 Å². The molecule has 0 unspecified atom stereocenters. The lowest BCUT2D eigenvalue weighted by atomic mass is 10.1. The van der Waals surface area contributed by atoms with E-state index in [0.717, 1.165) is 6.07 Å². The lowest BCUT2D eigenvalue weighted by molar-refractivity contribution is -0.138. The summed E-state index contributed by atoms with van der Waals surface area (Å²) in [5, 5.41) is 0.146. The fraction of sp³-hybridized carbons (Fsp3) is 0.250. The molecular weight excluding hydrogens is 315 g/mol. The minimum atomic E-state index is -4.33. The number of benzene rings is 1. The maximum absolute atomic E-state index is 12.3. The molecule has 0 spiro atoms. The zero-order chi connectivity index (χ0) is 10.2. The Morgan fingerprint density at radius 3 is 2.31 bits per heavy atom. The molecule has 0 fully saturated rings. The number of hydrogen-bond acceptors (Lipinski definition) is 0. The van der Waals surface area contributed by atoms with Gasteiger partial charge in [0.1, 0.15) is 0 Å². The first-order valence-electron chi connectivity index (χ1n) is 3.35. The van der Waals surface area contributed by atoms with Crippen molar-refractivity contribution >= 4 is 34.2 Å². The van der Waals surface area contributed by atoms with Crippen molar-refractivity contribution in [2.45, 2.75) is 13.1 Å². The van der Waals surface area contributed by atoms with Gasteiger partial charge in [-0.05, 0) is 47.2 Å². The van der Waals surface area contributed by atoms with Crippen molar-refractivity contribution in [3.05, 3.63) is 31.9 Å². The van der Waals surface area contributed by atoms with Gasteiger partial charge in [-0.2, -0.15) is 13.2 Å². The van der Waals surface area contributed by atoms with Crippen molar-refractivity contribution in [3.8, 4) is 0 Å². The summed E-state index contributed by atoms with van der Waals surface area (Å²) in [6.07, 6.45) is -4.33. The van der Waals surface area contributed by atoms with Gasteiger partial charge in [-0.15, -0.1) is 0 Å². The van der Waals surface area contributed by atoms with Gasteiger partial charge in [0.15, 0.2) is 0 Å². The molecule has 0 saturated carbocycles. The van der Waals surface area contributed by atoms with E-state index in [9.17, 15) is 13.2 Å². The number of rotatable bonds is 0. The van der Waals surface area contributed by atoms with Crippen LogP contribution in [0.1, 0.15) is 11.1 Å². The minimum absolute atomic E-state index is 0.146. The first-order valence-corrected chi connectivity index (χ1v) is 4.81. The highest BCUT2D eigenvalue weighted by molar-refractivity contribution is 14.1. The quantitative estimate of drug-likeness (QED) is 0.626. The number of halogens is 5. The Bertz CT molecular complexity index is 333. The first kappa shape index (κ1) is 11.1. The highest BCUT2D eigenvalue weighted by Gasteiger charge is 2.33. The summed E-state index contributed by atoms with van der Waals surface area (Å²) in [7, 11) is 0. The summed E-state index contributed by atoms with van der Waals surface area (Å²) < 4.78 is 37.1. The topological polar surface area (TPSA) is 0 Å². The second-order valence-corrected chi connectivity index (χ2v) is 4.15. The van der Waals surface area contributed by atoms with E-state index < -0.39 is 11.7 Å². The van der Waals surface area contributed by atoms with E-state index in [1.165, 1.54) is 6.07 Å². The maximum Gasteiger partial charge on any atom is 0.417 e. The van der Waals surface area contributed by atoms with E-state index in [1.807, 2.05) is 0 Å². The van der Waals surface area contributed by atoms with E-state index in [2.05, 4.69) is 0 Å². The molecule has 0 heterocycles. The van der Waals surface area contributed by atoms with Crippen LogP contribution in [0.2, 0.25) is 5.02 Å². The summed E-state index contributed by atoms with van der Waals surface area (Å²) in [6, 6.07) is 2.38. The molecule has 5 heteroatoms. The van der Waals surface area contributed by atoms with Gasteiger partial charge < -0.3 is 0 Å². The Morgan fingerprint density at radius 1 is 1.31 bits per heavy atom. The predicted octanol–water partition coefficient (Wildman–Crippen LogP) is 4.27. The van der Waals surface area contributed by atoms with Gasteiger partial charge in [-0.25, -0.2) is 0 Å². The van der Waals surface area contributed by atoms with Gasteiger partial charge in [0.25, 0.3) is 0 Å². The Kier molecular flexibility index (Phi) is 3.12. The normalized spacial score (nSPS) is 11.8. The monoisotopic (exact) mass is 320 g/mol. The van der Waals surface area contributed by atoms with Crippen LogP contribution in [0.15, 0.2) is 12.1 Å². The average Bonchev–Trinajstić information content (AvgIpc) is 1.94. The van der Waals surface area contributed by atoms with Gasteiger partial charge in [0, 0.05) is 8.59 Å². The molecule has 0 aliphatic rings. The molecule has 0 aromatic heterocycles. The van der Waals surface area contributed by atoms with E-state index in [-0.39, 0.29) is 8.59 Å². The molecule has 0 bridgehead atoms. The van der Waals surface area contributed by atoms with Crippen LogP contribution in [-0.4, -0.2) is 0 Å². The van der Waals surface area contributed by atoms with Gasteiger partial charge in [-0.1, -0.05) is 11.6 Å². The Hall–Kier alpha value is 0.0300. The maximum atomic E-state index is 12.3. The summed E-state index contributed by atoms with van der Waals surface area (Å²) >= 11 is 7.24. The molecule has 0 aliphatic carbocycles. The Labute approximate surface area is 92.2 Å². The van der Waals surface area contributed by atoms with E-state index in [1.54, 1.807) is 29.5 Å². The fourth-order valence-electron chi connectivity index (χ4n) is 0.864. The molecule has 1 rings (SSSR count). The molecule has 0 nitrogen and oxygen atoms in total. The van der Waals surface area contributed by atoms with Crippen molar-refractivity contribution in [2.75, 3.05) is 0 Å². The summed E-state index contributed by atoms with van der Waals surface area (Å²) in [5.41, 5.74) is -0.0252. The van der Waals surface area contributed by atoms with Crippen molar-refractivity contribution in [2.24, 2.45) is 0 Å². The van der Waals surface area contributed by atoms with Crippen LogP contribution in [0.5, 0.6) is 0 Å². The van der Waals surface area contributed by atoms with E-state index >= 15 is 0 Å². The largest absolute Gasteiger partial charge is 0.417 e. The summed E-state index contributed by atoms with van der Waals surface area (Å²) in [5.74, 6) is 0. The molecule has 0 amide bonds. The lowest BCUT2D eigenvalue weighted by Crippen LogP contribution is -2.07. The van der Waals surface area contributed by atoms with Crippen molar-refractivity contribution in [3.63, 3.8) is 0 Å². The third kappa shape index (κ3) is 2.49. The molecule has 1 aromatic rings. The summed E-state index contributed by atoms with van der Waals surface area (Å²) in [4.78, 5) is 0. The zero-order valence-corrected chi connectivity index (χ0v) is 9.46. The second-order valence-electron chi connectivity index (χ2n) is 2.58. The average molecular weight is 320 g/mol. The van der Waals surface area contributed by atoms with Crippen molar-refractivity contribution < 1.29 is 13.2 Å². The van der Waals surface area contributed by atoms with Crippen LogP contribution < -0.4 is 0 Å². The Morgan fingerprint density at radius 2 is 1.85 bits per heavy atom. The molecule has 0 saturated heterocycles. The van der Waals surface area contributed by atoms with E-state index in [4.69, 9.17) is 11.6 Å². The minimum Gasteiger partial charge on any atom is -0.166 e. The zero-order valence-electron chi connectivity index (χ0n) is 6.54. The lowest BCUT2D eigenvalue weighted by Gasteiger charge is -2.10. The highest BCUT2D eigenvalue weighted by atomic mass is 127.